The topological polar surface area (TPSA) is 21.3 Å². The lowest BCUT2D eigenvalue weighted by molar-refractivity contribution is 0.166. The molecule has 84 valence electrons. The summed E-state index contributed by atoms with van der Waals surface area (Å²) in [4.78, 5) is 0. The van der Waals surface area contributed by atoms with Gasteiger partial charge in [0, 0.05) is 18.7 Å². The maximum atomic E-state index is 13.4. The molecule has 15 heavy (non-hydrogen) atoms. The third-order valence-corrected chi connectivity index (χ3v) is 2.12. The zero-order valence-electron chi connectivity index (χ0n) is 8.89. The third kappa shape index (κ3) is 3.25. The molecule has 0 aliphatic heterocycles. The van der Waals surface area contributed by atoms with Crippen molar-refractivity contribution >= 4 is 0 Å². The van der Waals surface area contributed by atoms with E-state index in [4.69, 9.17) is 4.74 Å². The maximum absolute atomic E-state index is 13.4. The second-order valence-corrected chi connectivity index (χ2v) is 3.23. The molecule has 1 rings (SSSR count). The summed E-state index contributed by atoms with van der Waals surface area (Å²) in [5.74, 6) is -1.11. The van der Waals surface area contributed by atoms with Crippen molar-refractivity contribution in [3.8, 4) is 0 Å². The van der Waals surface area contributed by atoms with E-state index in [-0.39, 0.29) is 6.04 Å². The van der Waals surface area contributed by atoms with Crippen molar-refractivity contribution in [1.29, 1.82) is 0 Å². The molecule has 0 aliphatic rings. The van der Waals surface area contributed by atoms with Crippen LogP contribution >= 0.6 is 0 Å². The van der Waals surface area contributed by atoms with Crippen LogP contribution in [-0.4, -0.2) is 20.3 Å². The minimum Gasteiger partial charge on any atom is -0.383 e. The molecule has 1 unspecified atom stereocenters. The van der Waals surface area contributed by atoms with E-state index in [1.807, 2.05) is 6.92 Å². The molecule has 0 aliphatic carbocycles. The van der Waals surface area contributed by atoms with E-state index < -0.39 is 11.6 Å². The third-order valence-electron chi connectivity index (χ3n) is 2.12. The predicted molar refractivity (Wildman–Crippen MR) is 54.7 cm³/mol. The molecule has 0 heterocycles. The molecule has 0 bridgehead atoms. The van der Waals surface area contributed by atoms with Crippen LogP contribution in [0.15, 0.2) is 18.2 Å². The summed E-state index contributed by atoms with van der Waals surface area (Å²) < 4.78 is 31.1. The summed E-state index contributed by atoms with van der Waals surface area (Å²) in [6.07, 6.45) is 0. The molecular weight excluding hydrogens is 200 g/mol. The highest BCUT2D eigenvalue weighted by molar-refractivity contribution is 5.22. The molecule has 0 fully saturated rings. The molecule has 0 saturated heterocycles. The second-order valence-electron chi connectivity index (χ2n) is 3.23. The van der Waals surface area contributed by atoms with Gasteiger partial charge in [-0.25, -0.2) is 8.78 Å². The highest BCUT2D eigenvalue weighted by Gasteiger charge is 2.14. The number of nitrogens with one attached hydrogen (secondary N) is 1. The van der Waals surface area contributed by atoms with E-state index in [1.54, 1.807) is 7.11 Å². The van der Waals surface area contributed by atoms with Gasteiger partial charge in [-0.2, -0.15) is 0 Å². The minimum absolute atomic E-state index is 0.236. The van der Waals surface area contributed by atoms with Crippen LogP contribution in [0.3, 0.4) is 0 Å². The lowest BCUT2D eigenvalue weighted by Gasteiger charge is -2.17. The molecule has 0 radical (unpaired) electrons. The first-order valence-electron chi connectivity index (χ1n) is 4.86. The molecule has 0 amide bonds. The van der Waals surface area contributed by atoms with Crippen molar-refractivity contribution in [3.63, 3.8) is 0 Å². The van der Waals surface area contributed by atoms with E-state index >= 15 is 0 Å². The van der Waals surface area contributed by atoms with Crippen molar-refractivity contribution in [2.75, 3.05) is 20.3 Å². The smallest absolute Gasteiger partial charge is 0.130 e. The molecule has 1 aromatic rings. The maximum Gasteiger partial charge on any atom is 0.130 e. The zero-order valence-corrected chi connectivity index (χ0v) is 8.89. The van der Waals surface area contributed by atoms with Gasteiger partial charge in [-0.1, -0.05) is 13.0 Å². The zero-order chi connectivity index (χ0) is 11.3. The second kappa shape index (κ2) is 5.78. The number of hydrogen-bond acceptors (Lipinski definition) is 2. The molecule has 0 spiro atoms. The van der Waals surface area contributed by atoms with Crippen molar-refractivity contribution < 1.29 is 13.5 Å². The Balaban J connectivity index is 2.89. The van der Waals surface area contributed by atoms with Crippen molar-refractivity contribution in [2.45, 2.75) is 13.0 Å². The van der Waals surface area contributed by atoms with Crippen LogP contribution in [-0.2, 0) is 4.74 Å². The molecule has 1 atom stereocenters. The lowest BCUT2D eigenvalue weighted by atomic mass is 10.1. The fourth-order valence-electron chi connectivity index (χ4n) is 1.46. The minimum atomic E-state index is -0.566. The van der Waals surface area contributed by atoms with Crippen molar-refractivity contribution in [3.05, 3.63) is 35.4 Å². The van der Waals surface area contributed by atoms with Crippen LogP contribution in [0.5, 0.6) is 0 Å². The summed E-state index contributed by atoms with van der Waals surface area (Å²) in [5, 5.41) is 3.07. The number of halogens is 2. The predicted octanol–water partition coefficient (Wildman–Crippen LogP) is 2.26. The molecule has 0 saturated carbocycles. The van der Waals surface area contributed by atoms with Crippen LogP contribution in [0.25, 0.3) is 0 Å². The lowest BCUT2D eigenvalue weighted by Crippen LogP contribution is -2.25. The number of hydrogen-bond donors (Lipinski definition) is 1. The summed E-state index contributed by atoms with van der Waals surface area (Å²) in [6, 6.07) is 3.34. The van der Waals surface area contributed by atoms with Gasteiger partial charge in [0.25, 0.3) is 0 Å². The Morgan fingerprint density at radius 1 is 1.40 bits per heavy atom. The first-order valence-corrected chi connectivity index (χ1v) is 4.86. The average molecular weight is 215 g/mol. The first kappa shape index (κ1) is 12.1. The Morgan fingerprint density at radius 2 is 2.13 bits per heavy atom. The Labute approximate surface area is 88.3 Å². The number of ether oxygens (including phenoxy) is 1. The number of likely N-dealkylation sites (N-methyl/N-ethyl adjacent to an activating group) is 1. The van der Waals surface area contributed by atoms with Gasteiger partial charge < -0.3 is 10.1 Å². The van der Waals surface area contributed by atoms with Crippen LogP contribution in [0, 0.1) is 11.6 Å². The first-order chi connectivity index (χ1) is 7.19. The van der Waals surface area contributed by atoms with Gasteiger partial charge in [0.15, 0.2) is 0 Å². The number of benzene rings is 1. The summed E-state index contributed by atoms with van der Waals surface area (Å²) in [7, 11) is 1.55. The van der Waals surface area contributed by atoms with E-state index in [9.17, 15) is 8.78 Å². The van der Waals surface area contributed by atoms with Crippen molar-refractivity contribution in [1.82, 2.24) is 5.32 Å². The fraction of sp³-hybridized carbons (Fsp3) is 0.455. The highest BCUT2D eigenvalue weighted by Crippen LogP contribution is 2.18. The van der Waals surface area contributed by atoms with Crippen LogP contribution in [0.4, 0.5) is 8.78 Å². The van der Waals surface area contributed by atoms with Crippen LogP contribution in [0.1, 0.15) is 18.5 Å². The molecule has 1 aromatic carbocycles. The number of methoxy groups -OCH3 is 1. The Hall–Kier alpha value is -1.00. The summed E-state index contributed by atoms with van der Waals surface area (Å²) >= 11 is 0. The van der Waals surface area contributed by atoms with Crippen LogP contribution in [0.2, 0.25) is 0 Å². The van der Waals surface area contributed by atoms with E-state index in [1.165, 1.54) is 12.1 Å². The van der Waals surface area contributed by atoms with Gasteiger partial charge in [0.05, 0.1) is 12.6 Å². The average Bonchev–Trinajstić information content (AvgIpc) is 2.17. The van der Waals surface area contributed by atoms with Gasteiger partial charge in [0.2, 0.25) is 0 Å². The van der Waals surface area contributed by atoms with Gasteiger partial charge >= 0.3 is 0 Å². The Kier molecular flexibility index (Phi) is 4.65. The Bertz CT molecular complexity index is 311. The molecule has 1 N–H and O–H groups in total. The largest absolute Gasteiger partial charge is 0.383 e. The quantitative estimate of drug-likeness (QED) is 0.813. The highest BCUT2D eigenvalue weighted by atomic mass is 19.1. The van der Waals surface area contributed by atoms with E-state index in [0.29, 0.717) is 18.7 Å². The monoisotopic (exact) mass is 215 g/mol. The van der Waals surface area contributed by atoms with Gasteiger partial charge in [-0.3, -0.25) is 0 Å². The summed E-state index contributed by atoms with van der Waals surface area (Å²) in [6.45, 7) is 2.98. The van der Waals surface area contributed by atoms with Gasteiger partial charge in [0.1, 0.15) is 11.6 Å². The molecule has 2 nitrogen and oxygen atoms in total. The van der Waals surface area contributed by atoms with E-state index in [0.717, 1.165) is 6.07 Å². The normalized spacial score (nSPS) is 12.8. The van der Waals surface area contributed by atoms with Crippen LogP contribution < -0.4 is 5.32 Å². The van der Waals surface area contributed by atoms with E-state index in [2.05, 4.69) is 5.32 Å². The standard InChI is InChI=1S/C11H15F2NO/c1-3-14-11(7-15-2)9-5-4-8(12)6-10(9)13/h4-6,11,14H,3,7H2,1-2H3. The van der Waals surface area contributed by atoms with Crippen molar-refractivity contribution in [2.24, 2.45) is 0 Å². The molecule has 4 heteroatoms. The molecule has 0 aromatic heterocycles. The summed E-state index contributed by atoms with van der Waals surface area (Å²) in [5.41, 5.74) is 0.431. The van der Waals surface area contributed by atoms with Gasteiger partial charge in [-0.05, 0) is 12.6 Å². The fourth-order valence-corrected chi connectivity index (χ4v) is 1.46. The Morgan fingerprint density at radius 3 is 2.67 bits per heavy atom. The molecular formula is C11H15F2NO. The SMILES string of the molecule is CCNC(COC)c1ccc(F)cc1F. The van der Waals surface area contributed by atoms with Gasteiger partial charge in [-0.15, -0.1) is 0 Å². The number of rotatable bonds is 5.